The molecule has 1 N–H and O–H groups in total. The highest BCUT2D eigenvalue weighted by Crippen LogP contribution is 2.30. The number of hydrogen-bond acceptors (Lipinski definition) is 1. The maximum Gasteiger partial charge on any atom is 0.0110 e. The highest BCUT2D eigenvalue weighted by molar-refractivity contribution is 5.22. The molecule has 0 saturated carbocycles. The van der Waals surface area contributed by atoms with Gasteiger partial charge in [-0.3, -0.25) is 0 Å². The van der Waals surface area contributed by atoms with Crippen LogP contribution in [-0.2, 0) is 0 Å². The lowest BCUT2D eigenvalue weighted by atomic mass is 9.92. The second-order valence-electron chi connectivity index (χ2n) is 4.11. The Bertz CT molecular complexity index is 268. The van der Waals surface area contributed by atoms with E-state index in [4.69, 9.17) is 0 Å². The van der Waals surface area contributed by atoms with Crippen molar-refractivity contribution < 1.29 is 0 Å². The van der Waals surface area contributed by atoms with E-state index in [9.17, 15) is 0 Å². The van der Waals surface area contributed by atoms with Gasteiger partial charge in [-0.2, -0.15) is 0 Å². The average molecular weight is 175 g/mol. The van der Waals surface area contributed by atoms with E-state index < -0.39 is 0 Å². The van der Waals surface area contributed by atoms with Crippen molar-refractivity contribution in [3.63, 3.8) is 0 Å². The number of nitrogens with one attached hydrogen (secondary N) is 1. The molecule has 13 heavy (non-hydrogen) atoms. The van der Waals surface area contributed by atoms with Gasteiger partial charge >= 0.3 is 0 Å². The van der Waals surface area contributed by atoms with Crippen molar-refractivity contribution in [1.82, 2.24) is 5.32 Å². The van der Waals surface area contributed by atoms with E-state index in [2.05, 4.69) is 49.5 Å². The summed E-state index contributed by atoms with van der Waals surface area (Å²) in [5.41, 5.74) is 1.48. The van der Waals surface area contributed by atoms with E-state index in [1.807, 2.05) is 0 Å². The van der Waals surface area contributed by atoms with Gasteiger partial charge in [0.15, 0.2) is 0 Å². The summed E-state index contributed by atoms with van der Waals surface area (Å²) in [5.74, 6) is 0.705. The molecule has 1 saturated heterocycles. The van der Waals surface area contributed by atoms with E-state index in [0.29, 0.717) is 18.0 Å². The molecule has 70 valence electrons. The molecule has 1 aromatic carbocycles. The van der Waals surface area contributed by atoms with E-state index >= 15 is 0 Å². The molecule has 1 heteroatoms. The first-order chi connectivity index (χ1) is 6.27. The Kier molecular flexibility index (Phi) is 2.36. The second kappa shape index (κ2) is 3.51. The van der Waals surface area contributed by atoms with E-state index in [1.54, 1.807) is 0 Å². The molecule has 1 fully saturated rings. The van der Waals surface area contributed by atoms with Crippen LogP contribution in [0, 0.1) is 0 Å². The van der Waals surface area contributed by atoms with Crippen molar-refractivity contribution in [2.24, 2.45) is 0 Å². The first-order valence-electron chi connectivity index (χ1n) is 5.08. The fraction of sp³-hybridized carbons (Fsp3) is 0.500. The molecule has 2 rings (SSSR count). The first-order valence-corrected chi connectivity index (χ1v) is 5.08. The third kappa shape index (κ3) is 1.75. The molecule has 0 aromatic heterocycles. The zero-order chi connectivity index (χ0) is 9.26. The maximum atomic E-state index is 3.57. The van der Waals surface area contributed by atoms with Crippen molar-refractivity contribution in [3.8, 4) is 0 Å². The van der Waals surface area contributed by atoms with Crippen LogP contribution in [0.5, 0.6) is 0 Å². The summed E-state index contributed by atoms with van der Waals surface area (Å²) in [6, 6.07) is 12.1. The van der Waals surface area contributed by atoms with Crippen LogP contribution in [-0.4, -0.2) is 12.1 Å². The van der Waals surface area contributed by atoms with Gasteiger partial charge in [-0.1, -0.05) is 30.3 Å². The lowest BCUT2D eigenvalue weighted by molar-refractivity contribution is 0.575. The fourth-order valence-corrected chi connectivity index (χ4v) is 2.34. The Morgan fingerprint density at radius 2 is 1.85 bits per heavy atom. The summed E-state index contributed by atoms with van der Waals surface area (Å²) < 4.78 is 0. The van der Waals surface area contributed by atoms with Crippen LogP contribution in [0.4, 0.5) is 0 Å². The third-order valence-corrected chi connectivity index (χ3v) is 2.99. The molecule has 1 aliphatic heterocycles. The van der Waals surface area contributed by atoms with Crippen LogP contribution in [0.1, 0.15) is 31.7 Å². The van der Waals surface area contributed by atoms with E-state index in [0.717, 1.165) is 0 Å². The minimum Gasteiger partial charge on any atom is -0.311 e. The molecule has 0 unspecified atom stereocenters. The molecule has 0 bridgehead atoms. The quantitative estimate of drug-likeness (QED) is 0.691. The average Bonchev–Trinajstić information content (AvgIpc) is 2.47. The Hall–Kier alpha value is -0.820. The predicted molar refractivity (Wildman–Crippen MR) is 55.9 cm³/mol. The van der Waals surface area contributed by atoms with Crippen LogP contribution >= 0.6 is 0 Å². The van der Waals surface area contributed by atoms with Gasteiger partial charge in [0.05, 0.1) is 0 Å². The summed E-state index contributed by atoms with van der Waals surface area (Å²) >= 11 is 0. The van der Waals surface area contributed by atoms with Gasteiger partial charge < -0.3 is 5.32 Å². The van der Waals surface area contributed by atoms with Gasteiger partial charge in [0, 0.05) is 18.0 Å². The summed E-state index contributed by atoms with van der Waals surface area (Å²) in [5, 5.41) is 3.57. The SMILES string of the molecule is C[C@@H]1C[C@H](c2ccccc2)[C@@H](C)N1. The molecule has 1 heterocycles. The molecule has 1 aromatic rings. The summed E-state index contributed by atoms with van der Waals surface area (Å²) in [7, 11) is 0. The third-order valence-electron chi connectivity index (χ3n) is 2.99. The van der Waals surface area contributed by atoms with Crippen molar-refractivity contribution in [2.45, 2.75) is 38.3 Å². The monoisotopic (exact) mass is 175 g/mol. The number of rotatable bonds is 1. The Morgan fingerprint density at radius 3 is 2.38 bits per heavy atom. The molecule has 3 atom stereocenters. The van der Waals surface area contributed by atoms with E-state index in [-0.39, 0.29) is 0 Å². The van der Waals surface area contributed by atoms with Gasteiger partial charge in [0.25, 0.3) is 0 Å². The summed E-state index contributed by atoms with van der Waals surface area (Å²) in [4.78, 5) is 0. The molecule has 1 nitrogen and oxygen atoms in total. The van der Waals surface area contributed by atoms with Crippen LogP contribution < -0.4 is 5.32 Å². The summed E-state index contributed by atoms with van der Waals surface area (Å²) in [6.07, 6.45) is 1.27. The predicted octanol–water partition coefficient (Wildman–Crippen LogP) is 2.54. The molecule has 0 radical (unpaired) electrons. The molecule has 0 aliphatic carbocycles. The van der Waals surface area contributed by atoms with Gasteiger partial charge in [-0.15, -0.1) is 0 Å². The lowest BCUT2D eigenvalue weighted by Gasteiger charge is -2.14. The van der Waals surface area contributed by atoms with Gasteiger partial charge in [0.2, 0.25) is 0 Å². The van der Waals surface area contributed by atoms with Crippen LogP contribution in [0.3, 0.4) is 0 Å². The first kappa shape index (κ1) is 8.76. The largest absolute Gasteiger partial charge is 0.311 e. The molecule has 0 amide bonds. The van der Waals surface area contributed by atoms with Crippen LogP contribution in [0.2, 0.25) is 0 Å². The maximum absolute atomic E-state index is 3.57. The second-order valence-corrected chi connectivity index (χ2v) is 4.11. The Morgan fingerprint density at radius 1 is 1.15 bits per heavy atom. The zero-order valence-electron chi connectivity index (χ0n) is 8.33. The van der Waals surface area contributed by atoms with Gasteiger partial charge in [-0.25, -0.2) is 0 Å². The van der Waals surface area contributed by atoms with Gasteiger partial charge in [-0.05, 0) is 25.8 Å². The molecule has 0 spiro atoms. The number of benzene rings is 1. The highest BCUT2D eigenvalue weighted by Gasteiger charge is 2.28. The molecular formula is C12H17N. The lowest BCUT2D eigenvalue weighted by Crippen LogP contribution is -2.26. The van der Waals surface area contributed by atoms with Crippen LogP contribution in [0.25, 0.3) is 0 Å². The van der Waals surface area contributed by atoms with Gasteiger partial charge in [0.1, 0.15) is 0 Å². The van der Waals surface area contributed by atoms with Crippen molar-refractivity contribution in [1.29, 1.82) is 0 Å². The molecular weight excluding hydrogens is 158 g/mol. The molecule has 1 aliphatic rings. The highest BCUT2D eigenvalue weighted by atomic mass is 15.0. The normalized spacial score (nSPS) is 33.5. The standard InChI is InChI=1S/C12H17N/c1-9-8-12(10(2)13-9)11-6-4-3-5-7-11/h3-7,9-10,12-13H,8H2,1-2H3/t9-,10-,12+/m1/s1. The zero-order valence-corrected chi connectivity index (χ0v) is 8.33. The number of hydrogen-bond donors (Lipinski definition) is 1. The fourth-order valence-electron chi connectivity index (χ4n) is 2.34. The Labute approximate surface area is 80.2 Å². The summed E-state index contributed by atoms with van der Waals surface area (Å²) in [6.45, 7) is 4.54. The van der Waals surface area contributed by atoms with Crippen molar-refractivity contribution >= 4 is 0 Å². The smallest absolute Gasteiger partial charge is 0.0110 e. The topological polar surface area (TPSA) is 12.0 Å². The minimum absolute atomic E-state index is 0.623. The van der Waals surface area contributed by atoms with Crippen molar-refractivity contribution in [3.05, 3.63) is 35.9 Å². The Balaban J connectivity index is 2.18. The minimum atomic E-state index is 0.623. The van der Waals surface area contributed by atoms with E-state index in [1.165, 1.54) is 12.0 Å². The van der Waals surface area contributed by atoms with Crippen molar-refractivity contribution in [2.75, 3.05) is 0 Å². The van der Waals surface area contributed by atoms with Crippen LogP contribution in [0.15, 0.2) is 30.3 Å².